The van der Waals surface area contributed by atoms with E-state index in [1.807, 2.05) is 59.5 Å². The van der Waals surface area contributed by atoms with E-state index in [0.717, 1.165) is 37.2 Å². The summed E-state index contributed by atoms with van der Waals surface area (Å²) >= 11 is 5.96. The van der Waals surface area contributed by atoms with E-state index in [9.17, 15) is 4.79 Å². The highest BCUT2D eigenvalue weighted by Crippen LogP contribution is 2.23. The lowest BCUT2D eigenvalue weighted by molar-refractivity contribution is -0.123. The molecule has 1 amide bonds. The van der Waals surface area contributed by atoms with Crippen molar-refractivity contribution in [3.63, 3.8) is 0 Å². The van der Waals surface area contributed by atoms with Crippen LogP contribution >= 0.6 is 11.6 Å². The van der Waals surface area contributed by atoms with Gasteiger partial charge in [-0.2, -0.15) is 0 Å². The Bertz CT molecular complexity index is 636. The smallest absolute Gasteiger partial charge is 0.230 e. The summed E-state index contributed by atoms with van der Waals surface area (Å²) in [5, 5.41) is 4.03. The van der Waals surface area contributed by atoms with E-state index in [1.165, 1.54) is 0 Å². The number of amides is 1. The molecule has 0 bridgehead atoms. The Kier molecular flexibility index (Phi) is 5.31. The quantitative estimate of drug-likeness (QED) is 0.924. The summed E-state index contributed by atoms with van der Waals surface area (Å²) in [5.74, 6) is 0.316. The molecule has 120 valence electrons. The highest BCUT2D eigenvalue weighted by Gasteiger charge is 2.26. The van der Waals surface area contributed by atoms with Crippen LogP contribution in [0.2, 0.25) is 5.02 Å². The average Bonchev–Trinajstić information content (AvgIpc) is 2.62. The number of carbonyl (C=O) groups is 1. The van der Waals surface area contributed by atoms with Crippen LogP contribution in [-0.2, 0) is 11.3 Å². The third-order valence-corrected chi connectivity index (χ3v) is 4.53. The fourth-order valence-corrected chi connectivity index (χ4v) is 3.09. The highest BCUT2D eigenvalue weighted by atomic mass is 35.5. The number of hydrogen-bond donors (Lipinski definition) is 1. The van der Waals surface area contributed by atoms with Crippen LogP contribution in [-0.4, -0.2) is 19.0 Å². The van der Waals surface area contributed by atoms with Gasteiger partial charge in [-0.1, -0.05) is 41.9 Å². The van der Waals surface area contributed by atoms with Gasteiger partial charge in [-0.05, 0) is 55.8 Å². The van der Waals surface area contributed by atoms with Gasteiger partial charge in [-0.15, -0.1) is 0 Å². The summed E-state index contributed by atoms with van der Waals surface area (Å²) in [6.45, 7) is 2.41. The fraction of sp³-hybridized carbons (Fsp3) is 0.316. The van der Waals surface area contributed by atoms with Crippen LogP contribution in [0.15, 0.2) is 54.6 Å². The van der Waals surface area contributed by atoms with Crippen LogP contribution in [0.1, 0.15) is 18.4 Å². The number of rotatable bonds is 4. The molecular weight excluding hydrogens is 308 g/mol. The van der Waals surface area contributed by atoms with E-state index in [1.54, 1.807) is 0 Å². The normalized spacial score (nSPS) is 15.3. The van der Waals surface area contributed by atoms with Crippen molar-refractivity contribution in [2.24, 2.45) is 5.92 Å². The molecule has 0 atom stereocenters. The van der Waals surface area contributed by atoms with Crippen LogP contribution in [0.25, 0.3) is 0 Å². The fourth-order valence-electron chi connectivity index (χ4n) is 2.97. The number of benzene rings is 2. The first-order chi connectivity index (χ1) is 11.2. The number of halogens is 1. The van der Waals surface area contributed by atoms with Crippen LogP contribution in [0.3, 0.4) is 0 Å². The third-order valence-electron chi connectivity index (χ3n) is 4.28. The van der Waals surface area contributed by atoms with E-state index >= 15 is 0 Å². The summed E-state index contributed by atoms with van der Waals surface area (Å²) in [7, 11) is 0. The molecule has 1 aliphatic heterocycles. The topological polar surface area (TPSA) is 32.3 Å². The number of carbonyl (C=O) groups excluding carboxylic acids is 1. The largest absolute Gasteiger partial charge is 0.317 e. The first-order valence-electron chi connectivity index (χ1n) is 8.05. The number of para-hydroxylation sites is 1. The second-order valence-corrected chi connectivity index (χ2v) is 6.35. The van der Waals surface area contributed by atoms with Crippen molar-refractivity contribution in [1.29, 1.82) is 0 Å². The van der Waals surface area contributed by atoms with Crippen LogP contribution in [0, 0.1) is 5.92 Å². The molecule has 1 N–H and O–H groups in total. The minimum absolute atomic E-state index is 0.101. The van der Waals surface area contributed by atoms with Crippen molar-refractivity contribution in [3.8, 4) is 0 Å². The number of hydrogen-bond acceptors (Lipinski definition) is 2. The van der Waals surface area contributed by atoms with Gasteiger partial charge in [0.1, 0.15) is 0 Å². The molecule has 1 saturated heterocycles. The average molecular weight is 329 g/mol. The summed E-state index contributed by atoms with van der Waals surface area (Å²) < 4.78 is 0. The third kappa shape index (κ3) is 4.12. The van der Waals surface area contributed by atoms with Gasteiger partial charge in [0, 0.05) is 16.6 Å². The van der Waals surface area contributed by atoms with Gasteiger partial charge in [0.2, 0.25) is 5.91 Å². The Hall–Kier alpha value is -1.84. The van der Waals surface area contributed by atoms with E-state index in [-0.39, 0.29) is 11.8 Å². The van der Waals surface area contributed by atoms with Crippen LogP contribution in [0.4, 0.5) is 5.69 Å². The molecule has 1 heterocycles. The van der Waals surface area contributed by atoms with Gasteiger partial charge in [0.25, 0.3) is 0 Å². The van der Waals surface area contributed by atoms with Crippen molar-refractivity contribution in [2.75, 3.05) is 18.0 Å². The molecule has 23 heavy (non-hydrogen) atoms. The summed E-state index contributed by atoms with van der Waals surface area (Å²) in [4.78, 5) is 14.9. The zero-order valence-corrected chi connectivity index (χ0v) is 13.8. The maximum absolute atomic E-state index is 13.0. The highest BCUT2D eigenvalue weighted by molar-refractivity contribution is 6.30. The first kappa shape index (κ1) is 16.0. The molecule has 2 aromatic carbocycles. The lowest BCUT2D eigenvalue weighted by Crippen LogP contribution is -2.40. The van der Waals surface area contributed by atoms with Gasteiger partial charge in [0.05, 0.1) is 6.54 Å². The zero-order valence-electron chi connectivity index (χ0n) is 13.0. The lowest BCUT2D eigenvalue weighted by atomic mass is 9.96. The Morgan fingerprint density at radius 1 is 1.04 bits per heavy atom. The van der Waals surface area contributed by atoms with Gasteiger partial charge < -0.3 is 10.2 Å². The Morgan fingerprint density at radius 2 is 1.70 bits per heavy atom. The summed E-state index contributed by atoms with van der Waals surface area (Å²) in [5.41, 5.74) is 2.03. The molecule has 4 heteroatoms. The van der Waals surface area contributed by atoms with Crippen molar-refractivity contribution in [3.05, 3.63) is 65.2 Å². The molecule has 2 aromatic rings. The second-order valence-electron chi connectivity index (χ2n) is 5.91. The Balaban J connectivity index is 1.84. The molecule has 0 aromatic heterocycles. The second kappa shape index (κ2) is 7.62. The van der Waals surface area contributed by atoms with Crippen LogP contribution < -0.4 is 10.2 Å². The predicted molar refractivity (Wildman–Crippen MR) is 94.7 cm³/mol. The standard InChI is InChI=1S/C19H21ClN2O/c20-17-8-6-15(7-9-17)14-22(18-4-2-1-3-5-18)19(23)16-10-12-21-13-11-16/h1-9,16,21H,10-14H2. The molecular formula is C19H21ClN2O. The number of anilines is 1. The zero-order chi connectivity index (χ0) is 16.1. The number of piperidine rings is 1. The lowest BCUT2D eigenvalue weighted by Gasteiger charge is -2.30. The van der Waals surface area contributed by atoms with Gasteiger partial charge >= 0.3 is 0 Å². The monoisotopic (exact) mass is 328 g/mol. The molecule has 1 fully saturated rings. The van der Waals surface area contributed by atoms with Crippen molar-refractivity contribution < 1.29 is 4.79 Å². The number of nitrogens with zero attached hydrogens (tertiary/aromatic N) is 1. The molecule has 0 radical (unpaired) electrons. The van der Waals surface area contributed by atoms with Crippen molar-refractivity contribution >= 4 is 23.2 Å². The van der Waals surface area contributed by atoms with Crippen LogP contribution in [0.5, 0.6) is 0 Å². The summed E-state index contributed by atoms with van der Waals surface area (Å²) in [6.07, 6.45) is 1.81. The molecule has 0 spiro atoms. The molecule has 3 nitrogen and oxygen atoms in total. The van der Waals surface area contributed by atoms with E-state index in [4.69, 9.17) is 11.6 Å². The maximum Gasteiger partial charge on any atom is 0.230 e. The first-order valence-corrected chi connectivity index (χ1v) is 8.43. The molecule has 0 aliphatic carbocycles. The number of nitrogens with one attached hydrogen (secondary N) is 1. The molecule has 1 aliphatic rings. The van der Waals surface area contributed by atoms with E-state index in [0.29, 0.717) is 11.6 Å². The van der Waals surface area contributed by atoms with E-state index < -0.39 is 0 Å². The predicted octanol–water partition coefficient (Wildman–Crippen LogP) is 3.87. The molecule has 3 rings (SSSR count). The Morgan fingerprint density at radius 3 is 2.35 bits per heavy atom. The van der Waals surface area contributed by atoms with Gasteiger partial charge in [0.15, 0.2) is 0 Å². The van der Waals surface area contributed by atoms with Crippen molar-refractivity contribution in [1.82, 2.24) is 5.32 Å². The minimum Gasteiger partial charge on any atom is -0.317 e. The SMILES string of the molecule is O=C(C1CCNCC1)N(Cc1ccc(Cl)cc1)c1ccccc1. The van der Waals surface area contributed by atoms with Gasteiger partial charge in [-0.3, -0.25) is 4.79 Å². The summed E-state index contributed by atoms with van der Waals surface area (Å²) in [6, 6.07) is 17.6. The maximum atomic E-state index is 13.0. The van der Waals surface area contributed by atoms with Gasteiger partial charge in [-0.25, -0.2) is 0 Å². The van der Waals surface area contributed by atoms with Crippen molar-refractivity contribution in [2.45, 2.75) is 19.4 Å². The van der Waals surface area contributed by atoms with E-state index in [2.05, 4.69) is 5.32 Å². The molecule has 0 unspecified atom stereocenters. The Labute approximate surface area is 142 Å². The minimum atomic E-state index is 0.101. The molecule has 0 saturated carbocycles.